The van der Waals surface area contributed by atoms with Gasteiger partial charge in [0.25, 0.3) is 0 Å². The van der Waals surface area contributed by atoms with E-state index in [0.717, 1.165) is 6.29 Å². The molecule has 0 radical (unpaired) electrons. The molecule has 0 unspecified atom stereocenters. The predicted octanol–water partition coefficient (Wildman–Crippen LogP) is 2.24. The molecular formula is C10H11FO2. The Morgan fingerprint density at radius 2 is 2.31 bits per heavy atom. The van der Waals surface area contributed by atoms with Crippen molar-refractivity contribution in [2.45, 2.75) is 6.42 Å². The van der Waals surface area contributed by atoms with Crippen molar-refractivity contribution in [3.05, 3.63) is 29.8 Å². The molecule has 0 aliphatic rings. The second kappa shape index (κ2) is 5.30. The topological polar surface area (TPSA) is 26.3 Å². The van der Waals surface area contributed by atoms with E-state index in [2.05, 4.69) is 0 Å². The zero-order valence-corrected chi connectivity index (χ0v) is 7.20. The highest BCUT2D eigenvalue weighted by molar-refractivity contribution is 5.75. The van der Waals surface area contributed by atoms with Crippen molar-refractivity contribution in [1.82, 2.24) is 0 Å². The molecule has 13 heavy (non-hydrogen) atoms. The maximum atomic E-state index is 11.7. The Labute approximate surface area is 76.3 Å². The minimum Gasteiger partial charge on any atom is -0.493 e. The van der Waals surface area contributed by atoms with Gasteiger partial charge in [-0.05, 0) is 12.1 Å². The molecule has 0 saturated carbocycles. The van der Waals surface area contributed by atoms with E-state index in [1.54, 1.807) is 24.3 Å². The molecular weight excluding hydrogens is 171 g/mol. The van der Waals surface area contributed by atoms with Crippen molar-refractivity contribution in [1.29, 1.82) is 0 Å². The number of alkyl halides is 1. The summed E-state index contributed by atoms with van der Waals surface area (Å²) in [7, 11) is 0. The molecule has 2 nitrogen and oxygen atoms in total. The summed E-state index contributed by atoms with van der Waals surface area (Å²) in [6, 6.07) is 6.79. The van der Waals surface area contributed by atoms with Crippen LogP contribution in [-0.2, 0) is 0 Å². The lowest BCUT2D eigenvalue weighted by Crippen LogP contribution is -1.98. The molecule has 1 rings (SSSR count). The van der Waals surface area contributed by atoms with Crippen molar-refractivity contribution in [2.24, 2.45) is 0 Å². The second-order valence-electron chi connectivity index (χ2n) is 2.58. The van der Waals surface area contributed by atoms with Gasteiger partial charge >= 0.3 is 0 Å². The molecule has 0 fully saturated rings. The first-order chi connectivity index (χ1) is 6.36. The van der Waals surface area contributed by atoms with Crippen molar-refractivity contribution in [3.63, 3.8) is 0 Å². The number of benzene rings is 1. The van der Waals surface area contributed by atoms with E-state index in [-0.39, 0.29) is 6.67 Å². The Morgan fingerprint density at radius 3 is 3.00 bits per heavy atom. The molecule has 0 aliphatic heterocycles. The van der Waals surface area contributed by atoms with E-state index >= 15 is 0 Å². The molecule has 0 spiro atoms. The average molecular weight is 182 g/mol. The highest BCUT2D eigenvalue weighted by Gasteiger charge is 1.95. The third kappa shape index (κ3) is 3.23. The van der Waals surface area contributed by atoms with Gasteiger partial charge in [0.15, 0.2) is 0 Å². The summed E-state index contributed by atoms with van der Waals surface area (Å²) in [5.74, 6) is 0.609. The zero-order chi connectivity index (χ0) is 9.52. The van der Waals surface area contributed by atoms with Gasteiger partial charge in [0.05, 0.1) is 13.3 Å². The molecule has 0 N–H and O–H groups in total. The van der Waals surface area contributed by atoms with E-state index in [0.29, 0.717) is 24.3 Å². The summed E-state index contributed by atoms with van der Waals surface area (Å²) in [6.07, 6.45) is 1.13. The molecule has 0 aliphatic carbocycles. The van der Waals surface area contributed by atoms with Crippen LogP contribution >= 0.6 is 0 Å². The molecule has 0 heterocycles. The summed E-state index contributed by atoms with van der Waals surface area (Å²) >= 11 is 0. The van der Waals surface area contributed by atoms with Gasteiger partial charge in [-0.25, -0.2) is 0 Å². The molecule has 0 amide bonds. The lowest BCUT2D eigenvalue weighted by molar-refractivity contribution is 0.112. The summed E-state index contributed by atoms with van der Waals surface area (Å²) < 4.78 is 16.9. The van der Waals surface area contributed by atoms with Gasteiger partial charge in [-0.2, -0.15) is 0 Å². The van der Waals surface area contributed by atoms with E-state index in [1.165, 1.54) is 0 Å². The summed E-state index contributed by atoms with van der Waals surface area (Å²) in [4.78, 5) is 10.4. The SMILES string of the molecule is O=Cc1cccc(OCCCF)c1. The minimum atomic E-state index is -0.382. The first-order valence-electron chi connectivity index (χ1n) is 4.11. The van der Waals surface area contributed by atoms with Gasteiger partial charge in [0, 0.05) is 12.0 Å². The fourth-order valence-corrected chi connectivity index (χ4v) is 0.922. The second-order valence-corrected chi connectivity index (χ2v) is 2.58. The molecule has 1 aromatic rings. The Balaban J connectivity index is 2.51. The number of hydrogen-bond acceptors (Lipinski definition) is 2. The minimum absolute atomic E-state index is 0.346. The van der Waals surface area contributed by atoms with Crippen LogP contribution in [0.25, 0.3) is 0 Å². The molecule has 0 saturated heterocycles. The number of rotatable bonds is 5. The van der Waals surface area contributed by atoms with E-state index in [9.17, 15) is 9.18 Å². The van der Waals surface area contributed by atoms with Gasteiger partial charge < -0.3 is 4.74 Å². The monoisotopic (exact) mass is 182 g/mol. The van der Waals surface area contributed by atoms with Gasteiger partial charge in [-0.3, -0.25) is 9.18 Å². The number of aldehydes is 1. The van der Waals surface area contributed by atoms with Crippen LogP contribution in [-0.4, -0.2) is 19.6 Å². The van der Waals surface area contributed by atoms with Crippen LogP contribution in [0.4, 0.5) is 4.39 Å². The van der Waals surface area contributed by atoms with Crippen LogP contribution in [0.5, 0.6) is 5.75 Å². The van der Waals surface area contributed by atoms with Gasteiger partial charge in [0.2, 0.25) is 0 Å². The molecule has 0 atom stereocenters. The first kappa shape index (κ1) is 9.71. The van der Waals surface area contributed by atoms with Crippen molar-refractivity contribution in [2.75, 3.05) is 13.3 Å². The average Bonchev–Trinajstić information content (AvgIpc) is 2.19. The van der Waals surface area contributed by atoms with E-state index < -0.39 is 0 Å². The molecule has 0 bridgehead atoms. The summed E-state index contributed by atoms with van der Waals surface area (Å²) in [6.45, 7) is -0.0355. The number of halogens is 1. The number of ether oxygens (including phenoxy) is 1. The fourth-order valence-electron chi connectivity index (χ4n) is 0.922. The fraction of sp³-hybridized carbons (Fsp3) is 0.300. The highest BCUT2D eigenvalue weighted by Crippen LogP contribution is 2.11. The van der Waals surface area contributed by atoms with E-state index in [1.807, 2.05) is 0 Å². The van der Waals surface area contributed by atoms with Crippen LogP contribution in [0.15, 0.2) is 24.3 Å². The molecule has 0 aromatic heterocycles. The molecule has 3 heteroatoms. The Hall–Kier alpha value is -1.38. The smallest absolute Gasteiger partial charge is 0.150 e. The van der Waals surface area contributed by atoms with Gasteiger partial charge in [-0.15, -0.1) is 0 Å². The number of carbonyl (C=O) groups is 1. The lowest BCUT2D eigenvalue weighted by Gasteiger charge is -2.04. The summed E-state index contributed by atoms with van der Waals surface area (Å²) in [5, 5.41) is 0. The van der Waals surface area contributed by atoms with Gasteiger partial charge in [0.1, 0.15) is 12.0 Å². The van der Waals surface area contributed by atoms with Crippen molar-refractivity contribution < 1.29 is 13.9 Å². The Kier molecular flexibility index (Phi) is 3.96. The van der Waals surface area contributed by atoms with Crippen LogP contribution in [0.3, 0.4) is 0 Å². The van der Waals surface area contributed by atoms with Crippen LogP contribution < -0.4 is 4.74 Å². The zero-order valence-electron chi connectivity index (χ0n) is 7.20. The third-order valence-corrected chi connectivity index (χ3v) is 1.54. The maximum absolute atomic E-state index is 11.7. The van der Waals surface area contributed by atoms with E-state index in [4.69, 9.17) is 4.74 Å². The predicted molar refractivity (Wildman–Crippen MR) is 47.9 cm³/mol. The van der Waals surface area contributed by atoms with Crippen molar-refractivity contribution >= 4 is 6.29 Å². The van der Waals surface area contributed by atoms with Crippen LogP contribution in [0, 0.1) is 0 Å². The van der Waals surface area contributed by atoms with Gasteiger partial charge in [-0.1, -0.05) is 12.1 Å². The normalized spacial score (nSPS) is 9.62. The van der Waals surface area contributed by atoms with Crippen LogP contribution in [0.1, 0.15) is 16.8 Å². The first-order valence-corrected chi connectivity index (χ1v) is 4.11. The standard InChI is InChI=1S/C10H11FO2/c11-5-2-6-13-10-4-1-3-9(7-10)8-12/h1,3-4,7-8H,2,5-6H2. The van der Waals surface area contributed by atoms with Crippen LogP contribution in [0.2, 0.25) is 0 Å². The molecule has 70 valence electrons. The summed E-state index contributed by atoms with van der Waals surface area (Å²) in [5.41, 5.74) is 0.567. The highest BCUT2D eigenvalue weighted by atomic mass is 19.1. The largest absolute Gasteiger partial charge is 0.493 e. The lowest BCUT2D eigenvalue weighted by atomic mass is 10.2. The number of carbonyl (C=O) groups excluding carboxylic acids is 1. The third-order valence-electron chi connectivity index (χ3n) is 1.54. The number of hydrogen-bond donors (Lipinski definition) is 0. The Morgan fingerprint density at radius 1 is 1.46 bits per heavy atom. The van der Waals surface area contributed by atoms with Crippen molar-refractivity contribution in [3.8, 4) is 5.75 Å². The quantitative estimate of drug-likeness (QED) is 0.515. The maximum Gasteiger partial charge on any atom is 0.150 e. The Bertz CT molecular complexity index is 273. The molecule has 1 aromatic carbocycles.